The van der Waals surface area contributed by atoms with E-state index < -0.39 is 0 Å². The number of benzene rings is 5. The maximum Gasteiger partial charge on any atom is 0.146 e. The number of hydrogen-bond acceptors (Lipinski definition) is 4. The number of aryl methyl sites for hydroxylation is 4. The fraction of sp³-hybridized carbons (Fsp3) is 0.0889. The van der Waals surface area contributed by atoms with Crippen LogP contribution < -0.4 is 4.74 Å². The van der Waals surface area contributed by atoms with Crippen molar-refractivity contribution in [3.63, 3.8) is 0 Å². The highest BCUT2D eigenvalue weighted by Gasteiger charge is 2.19. The van der Waals surface area contributed by atoms with Gasteiger partial charge < -0.3 is 4.74 Å². The van der Waals surface area contributed by atoms with Crippen molar-refractivity contribution in [2.45, 2.75) is 27.7 Å². The lowest BCUT2D eigenvalue weighted by Gasteiger charge is -2.15. The third-order valence-electron chi connectivity index (χ3n) is 10.4. The molecule has 0 saturated carbocycles. The van der Waals surface area contributed by atoms with Crippen LogP contribution in [-0.4, -0.2) is 23.8 Å². The molecule has 0 aliphatic heterocycles. The SMILES string of the molecule is Cc1cccc(C)c1-c1ccc2c3ccc(Oc4ccc5c6cccnc6n6c(-c7c(C)cccc7C)cnc6c5c4)cc3c3nccn3c2c1. The number of ether oxygens (including phenoxy) is 1. The topological polar surface area (TPSA) is 56.7 Å². The van der Waals surface area contributed by atoms with Crippen molar-refractivity contribution in [2.75, 3.05) is 0 Å². The minimum absolute atomic E-state index is 0.738. The zero-order valence-electron chi connectivity index (χ0n) is 28.8. The van der Waals surface area contributed by atoms with Crippen LogP contribution in [0.5, 0.6) is 11.5 Å². The zero-order chi connectivity index (χ0) is 34.4. The summed E-state index contributed by atoms with van der Waals surface area (Å²) in [5.74, 6) is 1.48. The first-order valence-electron chi connectivity index (χ1n) is 17.3. The van der Waals surface area contributed by atoms with E-state index >= 15 is 0 Å². The molecule has 6 heteroatoms. The Hall–Kier alpha value is -6.53. The van der Waals surface area contributed by atoms with E-state index in [0.717, 1.165) is 66.6 Å². The molecule has 10 rings (SSSR count). The number of aromatic nitrogens is 5. The van der Waals surface area contributed by atoms with Gasteiger partial charge in [-0.2, -0.15) is 0 Å². The second kappa shape index (κ2) is 11.0. The van der Waals surface area contributed by atoms with Gasteiger partial charge >= 0.3 is 0 Å². The van der Waals surface area contributed by atoms with Crippen LogP contribution in [0.25, 0.3) is 77.2 Å². The molecule has 0 atom stereocenters. The van der Waals surface area contributed by atoms with Gasteiger partial charge in [0.1, 0.15) is 28.4 Å². The van der Waals surface area contributed by atoms with Crippen molar-refractivity contribution in [1.82, 2.24) is 23.8 Å². The molecule has 0 fully saturated rings. The number of fused-ring (bicyclic) bond motifs is 12. The van der Waals surface area contributed by atoms with Crippen molar-refractivity contribution >= 4 is 54.8 Å². The summed E-state index contributed by atoms with van der Waals surface area (Å²) < 4.78 is 11.0. The molecule has 0 amide bonds. The summed E-state index contributed by atoms with van der Waals surface area (Å²) in [5.41, 5.74) is 13.4. The molecule has 5 aromatic heterocycles. The molecule has 244 valence electrons. The van der Waals surface area contributed by atoms with Gasteiger partial charge in [0.25, 0.3) is 0 Å². The number of pyridine rings is 3. The van der Waals surface area contributed by atoms with E-state index in [0.29, 0.717) is 0 Å². The second-order valence-corrected chi connectivity index (χ2v) is 13.6. The number of imidazole rings is 2. The third-order valence-corrected chi connectivity index (χ3v) is 10.4. The molecule has 5 aromatic carbocycles. The lowest BCUT2D eigenvalue weighted by atomic mass is 9.94. The predicted octanol–water partition coefficient (Wildman–Crippen LogP) is 11.3. The standard InChI is InChI=1S/C45H33N5O/c1-26-8-5-9-27(2)41(26)30-13-16-35-33-17-14-31(23-37(33)43-47-20-21-49(43)39(35)22-30)51-32-15-18-34-36-12-7-19-46-44(36)50-40(25-48-45(50)38(34)24-32)42-28(3)10-6-11-29(42)4/h5-25H,1-4H3. The Labute approximate surface area is 294 Å². The van der Waals surface area contributed by atoms with Crippen LogP contribution >= 0.6 is 0 Å². The van der Waals surface area contributed by atoms with E-state index in [-0.39, 0.29) is 0 Å². The first-order chi connectivity index (χ1) is 24.9. The van der Waals surface area contributed by atoms with E-state index in [1.165, 1.54) is 44.3 Å². The van der Waals surface area contributed by atoms with E-state index in [9.17, 15) is 0 Å². The molecule has 0 unspecified atom stereocenters. The molecule has 0 spiro atoms. The normalized spacial score (nSPS) is 11.9. The highest BCUT2D eigenvalue weighted by atomic mass is 16.5. The minimum atomic E-state index is 0.738. The van der Waals surface area contributed by atoms with Gasteiger partial charge in [-0.1, -0.05) is 48.5 Å². The summed E-state index contributed by atoms with van der Waals surface area (Å²) in [6.45, 7) is 8.66. The fourth-order valence-corrected chi connectivity index (χ4v) is 8.17. The van der Waals surface area contributed by atoms with E-state index in [4.69, 9.17) is 19.7 Å². The molecule has 6 nitrogen and oxygen atoms in total. The smallest absolute Gasteiger partial charge is 0.146 e. The molecule has 0 radical (unpaired) electrons. The van der Waals surface area contributed by atoms with Crippen molar-refractivity contribution in [2.24, 2.45) is 0 Å². The molecule has 0 aliphatic carbocycles. The lowest BCUT2D eigenvalue weighted by molar-refractivity contribution is 0.484. The summed E-state index contributed by atoms with van der Waals surface area (Å²) >= 11 is 0. The van der Waals surface area contributed by atoms with Crippen LogP contribution in [0, 0.1) is 27.7 Å². The molecule has 10 aromatic rings. The van der Waals surface area contributed by atoms with Gasteiger partial charge in [-0.15, -0.1) is 0 Å². The quantitative estimate of drug-likeness (QED) is 0.176. The summed E-state index contributed by atoms with van der Waals surface area (Å²) in [6, 6.07) is 36.3. The second-order valence-electron chi connectivity index (χ2n) is 13.6. The van der Waals surface area contributed by atoms with E-state index in [1.54, 1.807) is 0 Å². The van der Waals surface area contributed by atoms with E-state index in [1.807, 2.05) is 36.9 Å². The monoisotopic (exact) mass is 659 g/mol. The Morgan fingerprint density at radius 1 is 0.490 bits per heavy atom. The van der Waals surface area contributed by atoms with Crippen LogP contribution in [0.4, 0.5) is 0 Å². The van der Waals surface area contributed by atoms with Gasteiger partial charge in [0.15, 0.2) is 0 Å². The van der Waals surface area contributed by atoms with Crippen molar-refractivity contribution in [1.29, 1.82) is 0 Å². The van der Waals surface area contributed by atoms with Gasteiger partial charge in [0.2, 0.25) is 0 Å². The number of hydrogen-bond donors (Lipinski definition) is 0. The predicted molar refractivity (Wildman–Crippen MR) is 208 cm³/mol. The summed E-state index contributed by atoms with van der Waals surface area (Å²) in [5, 5.41) is 6.51. The van der Waals surface area contributed by atoms with Gasteiger partial charge in [-0.25, -0.2) is 15.0 Å². The molecule has 51 heavy (non-hydrogen) atoms. The van der Waals surface area contributed by atoms with Crippen LogP contribution in [0.2, 0.25) is 0 Å². The Balaban J connectivity index is 1.11. The molecular weight excluding hydrogens is 627 g/mol. The molecule has 0 saturated heterocycles. The van der Waals surface area contributed by atoms with Crippen LogP contribution in [0.1, 0.15) is 22.3 Å². The molecule has 0 bridgehead atoms. The average molecular weight is 660 g/mol. The third kappa shape index (κ3) is 4.39. The Bertz CT molecular complexity index is 3020. The summed E-state index contributed by atoms with van der Waals surface area (Å²) in [7, 11) is 0. The molecular formula is C45H33N5O. The summed E-state index contributed by atoms with van der Waals surface area (Å²) in [4.78, 5) is 14.7. The maximum atomic E-state index is 6.64. The number of rotatable bonds is 4. The van der Waals surface area contributed by atoms with Crippen molar-refractivity contribution in [3.05, 3.63) is 150 Å². The average Bonchev–Trinajstić information content (AvgIpc) is 3.81. The largest absolute Gasteiger partial charge is 0.457 e. The van der Waals surface area contributed by atoms with Crippen molar-refractivity contribution < 1.29 is 4.74 Å². The fourth-order valence-electron chi connectivity index (χ4n) is 8.17. The molecule has 0 N–H and O–H groups in total. The lowest BCUT2D eigenvalue weighted by Crippen LogP contribution is -1.98. The zero-order valence-corrected chi connectivity index (χ0v) is 28.8. The Morgan fingerprint density at radius 3 is 1.82 bits per heavy atom. The van der Waals surface area contributed by atoms with Gasteiger partial charge in [0.05, 0.1) is 17.4 Å². The Kier molecular flexibility index (Phi) is 6.33. The minimum Gasteiger partial charge on any atom is -0.457 e. The molecule has 0 aliphatic rings. The van der Waals surface area contributed by atoms with Crippen LogP contribution in [-0.2, 0) is 0 Å². The molecule has 5 heterocycles. The Morgan fingerprint density at radius 2 is 1.10 bits per heavy atom. The van der Waals surface area contributed by atoms with Crippen molar-refractivity contribution in [3.8, 4) is 33.9 Å². The first kappa shape index (κ1) is 29.4. The van der Waals surface area contributed by atoms with Crippen LogP contribution in [0.3, 0.4) is 0 Å². The highest BCUT2D eigenvalue weighted by molar-refractivity contribution is 6.13. The highest BCUT2D eigenvalue weighted by Crippen LogP contribution is 2.39. The van der Waals surface area contributed by atoms with Gasteiger partial charge in [0, 0.05) is 45.7 Å². The number of nitrogens with zero attached hydrogens (tertiary/aromatic N) is 5. The van der Waals surface area contributed by atoms with Gasteiger partial charge in [-0.05, 0) is 126 Å². The first-order valence-corrected chi connectivity index (χ1v) is 17.3. The maximum absolute atomic E-state index is 6.64. The summed E-state index contributed by atoms with van der Waals surface area (Å²) in [6.07, 6.45) is 7.74. The van der Waals surface area contributed by atoms with E-state index in [2.05, 4.69) is 127 Å². The van der Waals surface area contributed by atoms with Gasteiger partial charge in [-0.3, -0.25) is 8.80 Å². The van der Waals surface area contributed by atoms with Crippen LogP contribution in [0.15, 0.2) is 128 Å².